The predicted octanol–water partition coefficient (Wildman–Crippen LogP) is 3.59. The summed E-state index contributed by atoms with van der Waals surface area (Å²) in [5.74, 6) is 0.967. The second-order valence-corrected chi connectivity index (χ2v) is 5.81. The highest BCUT2D eigenvalue weighted by Gasteiger charge is 2.08. The fourth-order valence-electron chi connectivity index (χ4n) is 2.42. The smallest absolute Gasteiger partial charge is 0.269 e. The van der Waals surface area contributed by atoms with Crippen molar-refractivity contribution in [1.82, 2.24) is 10.5 Å². The number of rotatable bonds is 7. The quantitative estimate of drug-likeness (QED) is 0.382. The van der Waals surface area contributed by atoms with Crippen LogP contribution >= 0.6 is 0 Å². The summed E-state index contributed by atoms with van der Waals surface area (Å²) in [5, 5.41) is 17.3. The van der Waals surface area contributed by atoms with E-state index in [-0.39, 0.29) is 18.1 Å². The molecule has 0 aliphatic heterocycles. The molecule has 0 atom stereocenters. The molecule has 0 aliphatic rings. The maximum absolute atomic E-state index is 11.9. The van der Waals surface area contributed by atoms with E-state index in [1.807, 2.05) is 24.3 Å². The van der Waals surface area contributed by atoms with Crippen LogP contribution in [0.25, 0.3) is 17.4 Å². The number of nitrogens with zero attached hydrogens (tertiary/aromatic N) is 2. The molecule has 1 heterocycles. The zero-order valence-electron chi connectivity index (χ0n) is 15.0. The minimum absolute atomic E-state index is 0.000487. The summed E-state index contributed by atoms with van der Waals surface area (Å²) in [5.41, 5.74) is 2.08. The number of methoxy groups -OCH3 is 1. The highest BCUT2D eigenvalue weighted by Crippen LogP contribution is 2.24. The molecule has 0 fully saturated rings. The number of nitro benzene ring substituents is 1. The first-order valence-corrected chi connectivity index (χ1v) is 8.35. The van der Waals surface area contributed by atoms with Crippen LogP contribution in [0.15, 0.2) is 65.2 Å². The Labute approximate surface area is 160 Å². The second-order valence-electron chi connectivity index (χ2n) is 5.81. The van der Waals surface area contributed by atoms with Crippen molar-refractivity contribution in [3.8, 4) is 17.1 Å². The Morgan fingerprint density at radius 2 is 2.04 bits per heavy atom. The van der Waals surface area contributed by atoms with E-state index in [4.69, 9.17) is 9.26 Å². The molecule has 1 aromatic heterocycles. The highest BCUT2D eigenvalue weighted by atomic mass is 16.6. The van der Waals surface area contributed by atoms with E-state index in [1.54, 1.807) is 31.4 Å². The van der Waals surface area contributed by atoms with Gasteiger partial charge < -0.3 is 14.6 Å². The average Bonchev–Trinajstić information content (AvgIpc) is 3.20. The molecule has 142 valence electrons. The number of hydrogen-bond acceptors (Lipinski definition) is 6. The summed E-state index contributed by atoms with van der Waals surface area (Å²) in [7, 11) is 1.59. The number of carbonyl (C=O) groups excluding carboxylic acids is 1. The van der Waals surface area contributed by atoms with Crippen molar-refractivity contribution in [2.75, 3.05) is 7.11 Å². The molecule has 0 saturated carbocycles. The van der Waals surface area contributed by atoms with E-state index in [2.05, 4.69) is 10.5 Å². The maximum atomic E-state index is 11.9. The second kappa shape index (κ2) is 8.63. The number of benzene rings is 2. The Hall–Kier alpha value is -3.94. The number of carbonyl (C=O) groups is 1. The van der Waals surface area contributed by atoms with Gasteiger partial charge in [-0.3, -0.25) is 14.9 Å². The van der Waals surface area contributed by atoms with Crippen LogP contribution < -0.4 is 10.1 Å². The lowest BCUT2D eigenvalue weighted by molar-refractivity contribution is -0.384. The van der Waals surface area contributed by atoms with Crippen LogP contribution in [0.2, 0.25) is 0 Å². The van der Waals surface area contributed by atoms with Gasteiger partial charge in [0.25, 0.3) is 5.69 Å². The molecular weight excluding hydrogens is 362 g/mol. The van der Waals surface area contributed by atoms with Crippen LogP contribution in [-0.4, -0.2) is 23.1 Å². The third kappa shape index (κ3) is 4.82. The molecule has 0 spiro atoms. The molecule has 2 aromatic carbocycles. The average molecular weight is 379 g/mol. The molecule has 0 radical (unpaired) electrons. The van der Waals surface area contributed by atoms with Gasteiger partial charge in [-0.15, -0.1) is 0 Å². The van der Waals surface area contributed by atoms with Crippen LogP contribution in [-0.2, 0) is 11.3 Å². The highest BCUT2D eigenvalue weighted by molar-refractivity contribution is 5.91. The predicted molar refractivity (Wildman–Crippen MR) is 102 cm³/mol. The number of hydrogen-bond donors (Lipinski definition) is 1. The maximum Gasteiger partial charge on any atom is 0.269 e. The first-order chi connectivity index (χ1) is 13.5. The molecule has 0 saturated heterocycles. The van der Waals surface area contributed by atoms with Crippen molar-refractivity contribution in [3.63, 3.8) is 0 Å². The fourth-order valence-corrected chi connectivity index (χ4v) is 2.42. The van der Waals surface area contributed by atoms with Gasteiger partial charge in [0.2, 0.25) is 5.91 Å². The Morgan fingerprint density at radius 3 is 2.75 bits per heavy atom. The molecule has 1 N–H and O–H groups in total. The molecule has 1 amide bonds. The van der Waals surface area contributed by atoms with Gasteiger partial charge in [-0.1, -0.05) is 17.3 Å². The monoisotopic (exact) mass is 379 g/mol. The van der Waals surface area contributed by atoms with Crippen molar-refractivity contribution in [2.45, 2.75) is 6.54 Å². The number of non-ortho nitro benzene ring substituents is 1. The normalized spacial score (nSPS) is 10.8. The molecule has 3 rings (SSSR count). The zero-order chi connectivity index (χ0) is 19.9. The number of amides is 1. The lowest BCUT2D eigenvalue weighted by Crippen LogP contribution is -2.20. The van der Waals surface area contributed by atoms with Crippen LogP contribution in [0.3, 0.4) is 0 Å². The van der Waals surface area contributed by atoms with Gasteiger partial charge in [-0.25, -0.2) is 0 Å². The van der Waals surface area contributed by atoms with Gasteiger partial charge in [0.05, 0.1) is 18.6 Å². The van der Waals surface area contributed by atoms with Gasteiger partial charge >= 0.3 is 0 Å². The van der Waals surface area contributed by atoms with E-state index in [0.29, 0.717) is 22.8 Å². The Bertz CT molecular complexity index is 1010. The van der Waals surface area contributed by atoms with Crippen molar-refractivity contribution in [1.29, 1.82) is 0 Å². The third-order valence-corrected chi connectivity index (χ3v) is 3.89. The molecule has 8 nitrogen and oxygen atoms in total. The molecule has 28 heavy (non-hydrogen) atoms. The van der Waals surface area contributed by atoms with E-state index >= 15 is 0 Å². The Balaban J connectivity index is 1.56. The number of nitrogens with one attached hydrogen (secondary N) is 1. The van der Waals surface area contributed by atoms with Gasteiger partial charge in [0.15, 0.2) is 5.76 Å². The molecule has 3 aromatic rings. The van der Waals surface area contributed by atoms with E-state index in [0.717, 1.165) is 5.56 Å². The summed E-state index contributed by atoms with van der Waals surface area (Å²) in [4.78, 5) is 22.1. The van der Waals surface area contributed by atoms with E-state index in [1.165, 1.54) is 18.2 Å². The number of nitro groups is 1. The van der Waals surface area contributed by atoms with Crippen LogP contribution in [0.4, 0.5) is 5.69 Å². The molecule has 0 unspecified atom stereocenters. The van der Waals surface area contributed by atoms with Gasteiger partial charge in [-0.2, -0.15) is 0 Å². The van der Waals surface area contributed by atoms with E-state index in [9.17, 15) is 14.9 Å². The third-order valence-electron chi connectivity index (χ3n) is 3.89. The minimum Gasteiger partial charge on any atom is -0.497 e. The summed E-state index contributed by atoms with van der Waals surface area (Å²) < 4.78 is 10.5. The standard InChI is InChI=1S/C20H17N3O5/c1-27-18-4-2-3-15(11-18)19-12-16(22-28-19)13-21-20(24)10-7-14-5-8-17(9-6-14)23(25)26/h2-12H,13H2,1H3,(H,21,24)/b10-7-. The first kappa shape index (κ1) is 18.8. The van der Waals surface area contributed by atoms with Gasteiger partial charge in [-0.05, 0) is 35.9 Å². The topological polar surface area (TPSA) is 108 Å². The minimum atomic E-state index is -0.474. The lowest BCUT2D eigenvalue weighted by Gasteiger charge is -2.00. The number of ether oxygens (including phenoxy) is 1. The van der Waals surface area contributed by atoms with E-state index < -0.39 is 4.92 Å². The van der Waals surface area contributed by atoms with Gasteiger partial charge in [0, 0.05) is 29.8 Å². The lowest BCUT2D eigenvalue weighted by atomic mass is 10.1. The SMILES string of the molecule is COc1cccc(-c2cc(CNC(=O)/C=C\c3ccc([N+](=O)[O-])cc3)no2)c1. The Morgan fingerprint density at radius 1 is 1.25 bits per heavy atom. The zero-order valence-corrected chi connectivity index (χ0v) is 15.0. The molecular formula is C20H17N3O5. The van der Waals surface area contributed by atoms with Crippen molar-refractivity contribution in [3.05, 3.63) is 82.0 Å². The molecule has 0 aliphatic carbocycles. The van der Waals surface area contributed by atoms with Gasteiger partial charge in [0.1, 0.15) is 11.4 Å². The van der Waals surface area contributed by atoms with Crippen LogP contribution in [0.1, 0.15) is 11.3 Å². The molecule has 0 bridgehead atoms. The van der Waals surface area contributed by atoms with Crippen molar-refractivity contribution in [2.24, 2.45) is 0 Å². The summed E-state index contributed by atoms with van der Waals surface area (Å²) in [6, 6.07) is 15.0. The summed E-state index contributed by atoms with van der Waals surface area (Å²) in [6.45, 7) is 0.205. The first-order valence-electron chi connectivity index (χ1n) is 8.35. The van der Waals surface area contributed by atoms with Crippen LogP contribution in [0.5, 0.6) is 5.75 Å². The van der Waals surface area contributed by atoms with Crippen molar-refractivity contribution >= 4 is 17.7 Å². The Kier molecular flexibility index (Phi) is 5.81. The summed E-state index contributed by atoms with van der Waals surface area (Å²) in [6.07, 6.45) is 2.92. The van der Waals surface area contributed by atoms with Crippen LogP contribution in [0, 0.1) is 10.1 Å². The van der Waals surface area contributed by atoms with Crippen molar-refractivity contribution < 1.29 is 19.0 Å². The molecule has 8 heteroatoms. The largest absolute Gasteiger partial charge is 0.497 e. The fraction of sp³-hybridized carbons (Fsp3) is 0.100. The number of aromatic nitrogens is 1. The summed E-state index contributed by atoms with van der Waals surface area (Å²) >= 11 is 0.